The van der Waals surface area contributed by atoms with Crippen LogP contribution in [0.4, 0.5) is 5.00 Å². The van der Waals surface area contributed by atoms with Gasteiger partial charge in [-0.3, -0.25) is 0 Å². The molecule has 1 aromatic heterocycles. The highest BCUT2D eigenvalue weighted by Gasteiger charge is 2.20. The first-order chi connectivity index (χ1) is 6.90. The van der Waals surface area contributed by atoms with Gasteiger partial charge in [0, 0.05) is 13.3 Å². The van der Waals surface area contributed by atoms with E-state index in [9.17, 15) is 13.2 Å². The highest BCUT2D eigenvalue weighted by molar-refractivity contribution is 7.92. The molecule has 1 rings (SSSR count). The van der Waals surface area contributed by atoms with Crippen molar-refractivity contribution in [3.8, 4) is 0 Å². The van der Waals surface area contributed by atoms with E-state index in [1.807, 2.05) is 0 Å². The molecule has 84 valence electrons. The van der Waals surface area contributed by atoms with Crippen LogP contribution in [0.15, 0.2) is 10.3 Å². The van der Waals surface area contributed by atoms with E-state index in [0.717, 1.165) is 17.6 Å². The minimum atomic E-state index is -3.29. The number of methoxy groups -OCH3 is 1. The van der Waals surface area contributed by atoms with Gasteiger partial charge < -0.3 is 10.1 Å². The van der Waals surface area contributed by atoms with E-state index in [4.69, 9.17) is 0 Å². The minimum absolute atomic E-state index is 0.146. The average Bonchev–Trinajstić information content (AvgIpc) is 2.59. The Morgan fingerprint density at radius 3 is 2.53 bits per heavy atom. The second-order valence-electron chi connectivity index (χ2n) is 2.82. The Kier molecular flexibility index (Phi) is 3.35. The van der Waals surface area contributed by atoms with Crippen LogP contribution in [-0.2, 0) is 14.6 Å². The largest absolute Gasteiger partial charge is 0.465 e. The van der Waals surface area contributed by atoms with Crippen LogP contribution in [0.25, 0.3) is 0 Å². The van der Waals surface area contributed by atoms with Crippen LogP contribution in [0, 0.1) is 0 Å². The number of sulfone groups is 1. The molecule has 0 radical (unpaired) electrons. The number of anilines is 1. The topological polar surface area (TPSA) is 72.5 Å². The zero-order chi connectivity index (χ0) is 11.6. The molecule has 0 fully saturated rings. The molecule has 1 heterocycles. The second-order valence-corrected chi connectivity index (χ2v) is 6.12. The van der Waals surface area contributed by atoms with E-state index < -0.39 is 15.8 Å². The van der Waals surface area contributed by atoms with Crippen molar-refractivity contribution in [3.63, 3.8) is 0 Å². The molecular formula is C8H11NO4S2. The van der Waals surface area contributed by atoms with Crippen LogP contribution in [0.5, 0.6) is 0 Å². The molecule has 0 atom stereocenters. The molecule has 7 heteroatoms. The molecule has 0 saturated heterocycles. The van der Waals surface area contributed by atoms with Crippen LogP contribution in [0.3, 0.4) is 0 Å². The monoisotopic (exact) mass is 249 g/mol. The van der Waals surface area contributed by atoms with E-state index >= 15 is 0 Å². The Balaban J connectivity index is 3.29. The van der Waals surface area contributed by atoms with Crippen molar-refractivity contribution in [2.45, 2.75) is 4.21 Å². The minimum Gasteiger partial charge on any atom is -0.465 e. The van der Waals surface area contributed by atoms with Crippen LogP contribution in [0.1, 0.15) is 10.4 Å². The van der Waals surface area contributed by atoms with E-state index in [-0.39, 0.29) is 9.77 Å². The number of hydrogen-bond donors (Lipinski definition) is 1. The van der Waals surface area contributed by atoms with Gasteiger partial charge in [-0.1, -0.05) is 0 Å². The lowest BCUT2D eigenvalue weighted by molar-refractivity contribution is 0.0602. The summed E-state index contributed by atoms with van der Waals surface area (Å²) in [5, 5.41) is 3.24. The predicted octanol–water partition coefficient (Wildman–Crippen LogP) is 0.980. The first kappa shape index (κ1) is 12.0. The molecule has 5 nitrogen and oxygen atoms in total. The lowest BCUT2D eigenvalue weighted by Crippen LogP contribution is -2.02. The van der Waals surface area contributed by atoms with Gasteiger partial charge in [0.1, 0.15) is 9.21 Å². The van der Waals surface area contributed by atoms with Crippen LogP contribution in [-0.4, -0.2) is 34.8 Å². The molecule has 0 aliphatic heterocycles. The van der Waals surface area contributed by atoms with E-state index in [1.54, 1.807) is 7.05 Å². The molecule has 1 aromatic rings. The first-order valence-electron chi connectivity index (χ1n) is 4.00. The summed E-state index contributed by atoms with van der Waals surface area (Å²) in [6.45, 7) is 0. The van der Waals surface area contributed by atoms with Gasteiger partial charge in [0.15, 0.2) is 9.84 Å². The van der Waals surface area contributed by atoms with Crippen molar-refractivity contribution in [2.24, 2.45) is 0 Å². The molecular weight excluding hydrogens is 238 g/mol. The summed E-state index contributed by atoms with van der Waals surface area (Å²) in [4.78, 5) is 11.3. The lowest BCUT2D eigenvalue weighted by Gasteiger charge is -1.98. The maximum absolute atomic E-state index is 11.3. The fourth-order valence-corrected chi connectivity index (χ4v) is 2.92. The van der Waals surface area contributed by atoms with E-state index in [1.165, 1.54) is 13.2 Å². The average molecular weight is 249 g/mol. The zero-order valence-electron chi connectivity index (χ0n) is 8.53. The second kappa shape index (κ2) is 4.19. The molecule has 0 spiro atoms. The third-order valence-electron chi connectivity index (χ3n) is 1.71. The molecule has 0 amide bonds. The summed E-state index contributed by atoms with van der Waals surface area (Å²) in [7, 11) is -0.421. The number of nitrogens with one attached hydrogen (secondary N) is 1. The summed E-state index contributed by atoms with van der Waals surface area (Å²) in [6, 6.07) is 1.32. The Labute approximate surface area is 92.0 Å². The Morgan fingerprint density at radius 1 is 1.53 bits per heavy atom. The molecule has 0 aliphatic rings. The van der Waals surface area contributed by atoms with Crippen molar-refractivity contribution in [2.75, 3.05) is 25.7 Å². The molecule has 0 aromatic carbocycles. The zero-order valence-corrected chi connectivity index (χ0v) is 10.2. The standard InChI is InChI=1S/C8H11NO4S2/c1-9-7-5(8(10)13-2)4-6(14-7)15(3,11)12/h4,9H,1-3H3. The maximum Gasteiger partial charge on any atom is 0.340 e. The molecule has 1 N–H and O–H groups in total. The summed E-state index contributed by atoms with van der Waals surface area (Å²) < 4.78 is 27.2. The van der Waals surface area contributed by atoms with Gasteiger partial charge in [0.05, 0.1) is 12.7 Å². The Hall–Kier alpha value is -1.08. The molecule has 0 aliphatic carbocycles. The molecule has 0 unspecified atom stereocenters. The Bertz CT molecular complexity index is 475. The van der Waals surface area contributed by atoms with Crippen LogP contribution >= 0.6 is 11.3 Å². The highest BCUT2D eigenvalue weighted by Crippen LogP contribution is 2.31. The van der Waals surface area contributed by atoms with Gasteiger partial charge in [0.2, 0.25) is 0 Å². The summed E-state index contributed by atoms with van der Waals surface area (Å²) in [5.74, 6) is -0.550. The van der Waals surface area contributed by atoms with Crippen molar-refractivity contribution in [1.82, 2.24) is 0 Å². The smallest absolute Gasteiger partial charge is 0.340 e. The number of carbonyl (C=O) groups is 1. The number of thiophene rings is 1. The highest BCUT2D eigenvalue weighted by atomic mass is 32.2. The van der Waals surface area contributed by atoms with Gasteiger partial charge in [-0.15, -0.1) is 11.3 Å². The summed E-state index contributed by atoms with van der Waals surface area (Å²) in [6.07, 6.45) is 1.10. The third kappa shape index (κ3) is 2.48. The number of hydrogen-bond acceptors (Lipinski definition) is 6. The lowest BCUT2D eigenvalue weighted by atomic mass is 10.3. The fourth-order valence-electron chi connectivity index (χ4n) is 0.998. The van der Waals surface area contributed by atoms with Gasteiger partial charge in [-0.05, 0) is 6.07 Å². The van der Waals surface area contributed by atoms with Crippen molar-refractivity contribution in [3.05, 3.63) is 11.6 Å². The number of carbonyl (C=O) groups excluding carboxylic acids is 1. The third-order valence-corrected chi connectivity index (χ3v) is 4.66. The number of rotatable bonds is 3. The normalized spacial score (nSPS) is 11.1. The predicted molar refractivity (Wildman–Crippen MR) is 58.3 cm³/mol. The SMILES string of the molecule is CNc1sc(S(C)(=O)=O)cc1C(=O)OC. The fraction of sp³-hybridized carbons (Fsp3) is 0.375. The van der Waals surface area contributed by atoms with Gasteiger partial charge in [0.25, 0.3) is 0 Å². The van der Waals surface area contributed by atoms with Gasteiger partial charge >= 0.3 is 5.97 Å². The van der Waals surface area contributed by atoms with E-state index in [0.29, 0.717) is 5.00 Å². The quantitative estimate of drug-likeness (QED) is 0.808. The first-order valence-corrected chi connectivity index (χ1v) is 6.71. The molecule has 0 saturated carbocycles. The van der Waals surface area contributed by atoms with E-state index in [2.05, 4.69) is 10.1 Å². The van der Waals surface area contributed by atoms with Crippen LogP contribution < -0.4 is 5.32 Å². The number of ether oxygens (including phenoxy) is 1. The maximum atomic E-state index is 11.3. The van der Waals surface area contributed by atoms with Crippen LogP contribution in [0.2, 0.25) is 0 Å². The van der Waals surface area contributed by atoms with Gasteiger partial charge in [-0.25, -0.2) is 13.2 Å². The van der Waals surface area contributed by atoms with Crippen molar-refractivity contribution >= 4 is 32.1 Å². The number of esters is 1. The van der Waals surface area contributed by atoms with Gasteiger partial charge in [-0.2, -0.15) is 0 Å². The Morgan fingerprint density at radius 2 is 2.13 bits per heavy atom. The van der Waals surface area contributed by atoms with Crippen molar-refractivity contribution in [1.29, 1.82) is 0 Å². The summed E-state index contributed by atoms with van der Waals surface area (Å²) >= 11 is 1.01. The summed E-state index contributed by atoms with van der Waals surface area (Å²) in [5.41, 5.74) is 0.241. The molecule has 15 heavy (non-hydrogen) atoms. The molecule has 0 bridgehead atoms. The van der Waals surface area contributed by atoms with Crippen molar-refractivity contribution < 1.29 is 17.9 Å².